The predicted octanol–water partition coefficient (Wildman–Crippen LogP) is 1.98. The molecule has 0 saturated carbocycles. The van der Waals surface area contributed by atoms with Gasteiger partial charge in [0.1, 0.15) is 5.82 Å². The van der Waals surface area contributed by atoms with Crippen LogP contribution in [0.15, 0.2) is 23.2 Å². The summed E-state index contributed by atoms with van der Waals surface area (Å²) in [6, 6.07) is 4.30. The lowest BCUT2D eigenvalue weighted by Gasteiger charge is -2.18. The maximum atomic E-state index is 13.4. The number of rotatable bonds is 2. The summed E-state index contributed by atoms with van der Waals surface area (Å²) in [4.78, 5) is 13.7. The van der Waals surface area contributed by atoms with Crippen molar-refractivity contribution < 1.29 is 9.18 Å². The first-order valence-electron chi connectivity index (χ1n) is 4.12. The number of halogens is 1. The Bertz CT molecular complexity index is 395. The number of hydrogen-bond donors (Lipinski definition) is 1. The summed E-state index contributed by atoms with van der Waals surface area (Å²) in [6.07, 6.45) is 1.43. The number of hydrogen-bond acceptors (Lipinski definition) is 3. The van der Waals surface area contributed by atoms with Gasteiger partial charge in [-0.15, -0.1) is 0 Å². The second kappa shape index (κ2) is 3.60. The van der Waals surface area contributed by atoms with Crippen molar-refractivity contribution >= 4 is 11.8 Å². The first-order valence-corrected chi connectivity index (χ1v) is 4.12. The summed E-state index contributed by atoms with van der Waals surface area (Å²) < 4.78 is 13.4. The molecule has 0 heterocycles. The molecule has 0 aliphatic heterocycles. The summed E-state index contributed by atoms with van der Waals surface area (Å²) in [5.41, 5.74) is 5.17. The lowest BCUT2D eigenvalue weighted by atomic mass is 9.94. The Kier molecular flexibility index (Phi) is 2.68. The summed E-state index contributed by atoms with van der Waals surface area (Å²) in [5.74, 6) is -0.464. The highest BCUT2D eigenvalue weighted by Crippen LogP contribution is 2.27. The molecule has 0 radical (unpaired) electrons. The van der Waals surface area contributed by atoms with Crippen molar-refractivity contribution in [3.63, 3.8) is 0 Å². The van der Waals surface area contributed by atoms with E-state index in [2.05, 4.69) is 4.99 Å². The van der Waals surface area contributed by atoms with Crippen molar-refractivity contribution in [1.82, 2.24) is 0 Å². The minimum absolute atomic E-state index is 0.329. The maximum Gasteiger partial charge on any atom is 0.235 e. The molecule has 0 saturated heterocycles. The average molecular weight is 194 g/mol. The Labute approximate surface area is 81.5 Å². The van der Waals surface area contributed by atoms with Crippen molar-refractivity contribution in [2.24, 2.45) is 4.99 Å². The van der Waals surface area contributed by atoms with Gasteiger partial charge in [0.15, 0.2) is 0 Å². The lowest BCUT2D eigenvalue weighted by Crippen LogP contribution is -2.15. The van der Waals surface area contributed by atoms with E-state index in [1.807, 2.05) is 0 Å². The highest BCUT2D eigenvalue weighted by molar-refractivity contribution is 5.44. The van der Waals surface area contributed by atoms with Gasteiger partial charge in [0, 0.05) is 11.3 Å². The summed E-state index contributed by atoms with van der Waals surface area (Å²) in [5, 5.41) is 0. The third-order valence-electron chi connectivity index (χ3n) is 1.98. The average Bonchev–Trinajstić information content (AvgIpc) is 2.02. The molecule has 0 aliphatic rings. The van der Waals surface area contributed by atoms with E-state index in [0.29, 0.717) is 11.3 Å². The normalized spacial score (nSPS) is 10.8. The molecule has 0 amide bonds. The summed E-state index contributed by atoms with van der Waals surface area (Å²) in [7, 11) is 0. The summed E-state index contributed by atoms with van der Waals surface area (Å²) in [6.45, 7) is 3.26. The van der Waals surface area contributed by atoms with Crippen molar-refractivity contribution in [2.45, 2.75) is 19.4 Å². The quantitative estimate of drug-likeness (QED) is 0.444. The van der Waals surface area contributed by atoms with E-state index in [1.165, 1.54) is 18.2 Å². The molecule has 2 N–H and O–H groups in total. The second-order valence-electron chi connectivity index (χ2n) is 3.50. The van der Waals surface area contributed by atoms with Gasteiger partial charge >= 0.3 is 0 Å². The largest absolute Gasteiger partial charge is 0.399 e. The molecule has 0 atom stereocenters. The zero-order valence-corrected chi connectivity index (χ0v) is 8.04. The summed E-state index contributed by atoms with van der Waals surface area (Å²) >= 11 is 0. The van der Waals surface area contributed by atoms with Gasteiger partial charge in [-0.1, -0.05) is 6.07 Å². The Balaban J connectivity index is 3.25. The molecule has 3 nitrogen and oxygen atoms in total. The van der Waals surface area contributed by atoms with Gasteiger partial charge in [-0.2, -0.15) is 4.99 Å². The number of anilines is 1. The van der Waals surface area contributed by atoms with E-state index in [0.717, 1.165) is 0 Å². The van der Waals surface area contributed by atoms with Gasteiger partial charge in [0.2, 0.25) is 6.08 Å². The van der Waals surface area contributed by atoms with E-state index in [9.17, 15) is 9.18 Å². The number of aliphatic imine (C=N–C) groups is 1. The molecule has 14 heavy (non-hydrogen) atoms. The van der Waals surface area contributed by atoms with Crippen LogP contribution in [-0.2, 0) is 10.3 Å². The molecular weight excluding hydrogens is 183 g/mol. The highest BCUT2D eigenvalue weighted by Gasteiger charge is 2.23. The van der Waals surface area contributed by atoms with Gasteiger partial charge in [-0.3, -0.25) is 0 Å². The molecule has 4 heteroatoms. The van der Waals surface area contributed by atoms with Crippen LogP contribution in [0.4, 0.5) is 10.1 Å². The number of benzene rings is 1. The smallest absolute Gasteiger partial charge is 0.235 e. The predicted molar refractivity (Wildman–Crippen MR) is 52.0 cm³/mol. The fourth-order valence-electron chi connectivity index (χ4n) is 1.20. The van der Waals surface area contributed by atoms with Gasteiger partial charge in [0.25, 0.3) is 0 Å². The molecular formula is C10H11FN2O. The standard InChI is InChI=1S/C10H11FN2O/c1-10(2,13-6-14)8-4-3-7(12)5-9(8)11/h3-5H,12H2,1-2H3. The fraction of sp³-hybridized carbons (Fsp3) is 0.300. The van der Waals surface area contributed by atoms with Crippen LogP contribution in [0.5, 0.6) is 0 Å². The Hall–Kier alpha value is -1.67. The first-order chi connectivity index (χ1) is 6.47. The molecule has 74 valence electrons. The zero-order valence-electron chi connectivity index (χ0n) is 8.04. The molecule has 0 unspecified atom stereocenters. The minimum atomic E-state index is -0.903. The van der Waals surface area contributed by atoms with E-state index >= 15 is 0 Å². The van der Waals surface area contributed by atoms with E-state index in [1.54, 1.807) is 19.9 Å². The van der Waals surface area contributed by atoms with E-state index in [-0.39, 0.29) is 0 Å². The van der Waals surface area contributed by atoms with Crippen LogP contribution in [-0.4, -0.2) is 6.08 Å². The molecule has 0 spiro atoms. The van der Waals surface area contributed by atoms with Gasteiger partial charge in [-0.05, 0) is 26.0 Å². The van der Waals surface area contributed by atoms with Crippen LogP contribution in [0, 0.1) is 5.82 Å². The number of nitrogens with zero attached hydrogens (tertiary/aromatic N) is 1. The molecule has 1 aromatic rings. The molecule has 0 bridgehead atoms. The first kappa shape index (κ1) is 10.4. The number of isocyanates is 1. The molecule has 0 aliphatic carbocycles. The van der Waals surface area contributed by atoms with Gasteiger partial charge in [0.05, 0.1) is 5.54 Å². The highest BCUT2D eigenvalue weighted by atomic mass is 19.1. The minimum Gasteiger partial charge on any atom is -0.399 e. The maximum absolute atomic E-state index is 13.4. The van der Waals surface area contributed by atoms with Crippen molar-refractivity contribution in [1.29, 1.82) is 0 Å². The van der Waals surface area contributed by atoms with Crippen LogP contribution in [0.2, 0.25) is 0 Å². The molecule has 0 fully saturated rings. The SMILES string of the molecule is CC(C)(N=C=O)c1ccc(N)cc1F. The number of carbonyl (C=O) groups excluding carboxylic acids is 1. The number of nitrogens with two attached hydrogens (primary N) is 1. The van der Waals surface area contributed by atoms with Crippen LogP contribution in [0.3, 0.4) is 0 Å². The Morgan fingerprint density at radius 3 is 2.64 bits per heavy atom. The van der Waals surface area contributed by atoms with Crippen LogP contribution in [0.25, 0.3) is 0 Å². The third kappa shape index (κ3) is 1.98. The zero-order chi connectivity index (χ0) is 10.8. The lowest BCUT2D eigenvalue weighted by molar-refractivity contribution is 0.492. The Morgan fingerprint density at radius 2 is 2.14 bits per heavy atom. The van der Waals surface area contributed by atoms with E-state index < -0.39 is 11.4 Å². The van der Waals surface area contributed by atoms with Crippen molar-refractivity contribution in [3.8, 4) is 0 Å². The van der Waals surface area contributed by atoms with Crippen LogP contribution < -0.4 is 5.73 Å². The fourth-order valence-corrected chi connectivity index (χ4v) is 1.20. The Morgan fingerprint density at radius 1 is 1.50 bits per heavy atom. The molecule has 0 aromatic heterocycles. The van der Waals surface area contributed by atoms with Gasteiger partial charge in [-0.25, -0.2) is 9.18 Å². The monoisotopic (exact) mass is 194 g/mol. The molecule has 1 aromatic carbocycles. The van der Waals surface area contributed by atoms with Crippen LogP contribution in [0.1, 0.15) is 19.4 Å². The van der Waals surface area contributed by atoms with Crippen molar-refractivity contribution in [2.75, 3.05) is 5.73 Å². The third-order valence-corrected chi connectivity index (χ3v) is 1.98. The van der Waals surface area contributed by atoms with Crippen molar-refractivity contribution in [3.05, 3.63) is 29.6 Å². The van der Waals surface area contributed by atoms with E-state index in [4.69, 9.17) is 5.73 Å². The second-order valence-corrected chi connectivity index (χ2v) is 3.50. The number of nitrogen functional groups attached to an aromatic ring is 1. The van der Waals surface area contributed by atoms with Gasteiger partial charge < -0.3 is 5.73 Å². The topological polar surface area (TPSA) is 55.5 Å². The van der Waals surface area contributed by atoms with Crippen LogP contribution >= 0.6 is 0 Å². The molecule has 1 rings (SSSR count).